The van der Waals surface area contributed by atoms with Crippen molar-refractivity contribution < 1.29 is 0 Å². The summed E-state index contributed by atoms with van der Waals surface area (Å²) in [5, 5.41) is 5.00. The summed E-state index contributed by atoms with van der Waals surface area (Å²) in [5.74, 6) is 0. The topological polar surface area (TPSA) is 25.8 Å². The Bertz CT molecular complexity index is 1310. The van der Waals surface area contributed by atoms with Gasteiger partial charge in [-0.25, -0.2) is 0 Å². The first-order valence-electron chi connectivity index (χ1n) is 8.78. The third-order valence-electron chi connectivity index (χ3n) is 5.31. The molecule has 0 amide bonds. The molecule has 1 aliphatic carbocycles. The van der Waals surface area contributed by atoms with Crippen LogP contribution in [0, 0.1) is 0 Å². The standard InChI is InChI=1S/C24H14N2/c1-2-8-16-15(7-1)21(20-12-3-4-13-25-20)19-10-5-9-17-18-11-6-14-26-24(18)23(16)22(17)19/h1-14H. The fourth-order valence-electron chi connectivity index (χ4n) is 4.31. The molecular formula is C24H14N2. The van der Waals surface area contributed by atoms with Gasteiger partial charge in [-0.3, -0.25) is 9.97 Å². The monoisotopic (exact) mass is 330 g/mol. The van der Waals surface area contributed by atoms with Crippen LogP contribution in [0.5, 0.6) is 0 Å². The maximum Gasteiger partial charge on any atom is 0.0793 e. The molecule has 0 aliphatic heterocycles. The molecule has 2 heterocycles. The highest BCUT2D eigenvalue weighted by molar-refractivity contribution is 6.28. The molecule has 0 saturated carbocycles. The number of pyridine rings is 2. The Morgan fingerprint density at radius 2 is 1.23 bits per heavy atom. The number of hydrogen-bond acceptors (Lipinski definition) is 2. The molecule has 2 heteroatoms. The van der Waals surface area contributed by atoms with Crippen LogP contribution in [0.15, 0.2) is 85.2 Å². The maximum atomic E-state index is 4.74. The van der Waals surface area contributed by atoms with E-state index in [0.29, 0.717) is 0 Å². The van der Waals surface area contributed by atoms with Crippen molar-refractivity contribution in [3.05, 3.63) is 85.2 Å². The van der Waals surface area contributed by atoms with Crippen molar-refractivity contribution >= 4 is 21.5 Å². The highest BCUT2D eigenvalue weighted by Crippen LogP contribution is 2.52. The van der Waals surface area contributed by atoms with Gasteiger partial charge in [0.15, 0.2) is 0 Å². The van der Waals surface area contributed by atoms with E-state index in [1.807, 2.05) is 24.5 Å². The molecule has 0 saturated heterocycles. The predicted octanol–water partition coefficient (Wildman–Crippen LogP) is 6.10. The van der Waals surface area contributed by atoms with Crippen LogP contribution < -0.4 is 0 Å². The Labute approximate surface area is 150 Å². The zero-order chi connectivity index (χ0) is 17.1. The summed E-state index contributed by atoms with van der Waals surface area (Å²) in [4.78, 5) is 9.40. The summed E-state index contributed by atoms with van der Waals surface area (Å²) in [5.41, 5.74) is 7.04. The molecule has 2 aromatic heterocycles. The Balaban J connectivity index is 1.92. The summed E-state index contributed by atoms with van der Waals surface area (Å²) >= 11 is 0. The SMILES string of the molecule is c1ccc(-c2c3ccccc3c3c4c(cccc24)-c2cccnc2-3)nc1. The van der Waals surface area contributed by atoms with Crippen molar-refractivity contribution in [1.29, 1.82) is 0 Å². The fraction of sp³-hybridized carbons (Fsp3) is 0. The number of aromatic nitrogens is 2. The van der Waals surface area contributed by atoms with E-state index in [2.05, 4.69) is 65.6 Å². The molecule has 0 radical (unpaired) electrons. The van der Waals surface area contributed by atoms with E-state index >= 15 is 0 Å². The molecule has 1 aliphatic rings. The van der Waals surface area contributed by atoms with Gasteiger partial charge in [-0.2, -0.15) is 0 Å². The van der Waals surface area contributed by atoms with Gasteiger partial charge >= 0.3 is 0 Å². The number of fused-ring (bicyclic) bond motifs is 5. The Morgan fingerprint density at radius 3 is 2.08 bits per heavy atom. The third kappa shape index (κ3) is 1.66. The second-order valence-electron chi connectivity index (χ2n) is 6.64. The van der Waals surface area contributed by atoms with Crippen LogP contribution in [0.4, 0.5) is 0 Å². The van der Waals surface area contributed by atoms with Gasteiger partial charge in [-0.1, -0.05) is 54.6 Å². The van der Waals surface area contributed by atoms with Crippen LogP contribution in [-0.4, -0.2) is 9.97 Å². The van der Waals surface area contributed by atoms with Gasteiger partial charge in [-0.05, 0) is 39.9 Å². The second kappa shape index (κ2) is 4.99. The maximum absolute atomic E-state index is 4.74. The average molecular weight is 330 g/mol. The largest absolute Gasteiger partial charge is 0.256 e. The van der Waals surface area contributed by atoms with Crippen LogP contribution in [0.3, 0.4) is 0 Å². The molecular weight excluding hydrogens is 316 g/mol. The van der Waals surface area contributed by atoms with Crippen molar-refractivity contribution in [2.75, 3.05) is 0 Å². The molecule has 0 unspecified atom stereocenters. The second-order valence-corrected chi connectivity index (χ2v) is 6.64. The summed E-state index contributed by atoms with van der Waals surface area (Å²) in [6.45, 7) is 0. The lowest BCUT2D eigenvalue weighted by atomic mass is 9.90. The number of hydrogen-bond donors (Lipinski definition) is 0. The number of benzene rings is 3. The quantitative estimate of drug-likeness (QED) is 0.341. The lowest BCUT2D eigenvalue weighted by Gasteiger charge is -2.14. The highest BCUT2D eigenvalue weighted by Gasteiger charge is 2.26. The fourth-order valence-corrected chi connectivity index (χ4v) is 4.31. The first kappa shape index (κ1) is 13.7. The minimum absolute atomic E-state index is 1.01. The first-order valence-corrected chi connectivity index (χ1v) is 8.78. The minimum atomic E-state index is 1.01. The Hall–Kier alpha value is -3.52. The average Bonchev–Trinajstić information content (AvgIpc) is 3.05. The molecule has 26 heavy (non-hydrogen) atoms. The molecule has 0 fully saturated rings. The van der Waals surface area contributed by atoms with E-state index in [0.717, 1.165) is 11.4 Å². The van der Waals surface area contributed by atoms with Gasteiger partial charge in [-0.15, -0.1) is 0 Å². The van der Waals surface area contributed by atoms with Crippen molar-refractivity contribution in [2.45, 2.75) is 0 Å². The van der Waals surface area contributed by atoms with Crippen molar-refractivity contribution in [1.82, 2.24) is 9.97 Å². The van der Waals surface area contributed by atoms with Gasteiger partial charge in [0, 0.05) is 34.5 Å². The lowest BCUT2D eigenvalue weighted by Crippen LogP contribution is -1.90. The van der Waals surface area contributed by atoms with E-state index in [-0.39, 0.29) is 0 Å². The zero-order valence-electron chi connectivity index (χ0n) is 14.0. The summed E-state index contributed by atoms with van der Waals surface area (Å²) < 4.78 is 0. The van der Waals surface area contributed by atoms with E-state index in [1.165, 1.54) is 43.8 Å². The molecule has 2 nitrogen and oxygen atoms in total. The van der Waals surface area contributed by atoms with Crippen LogP contribution >= 0.6 is 0 Å². The molecule has 6 rings (SSSR count). The molecule has 0 atom stereocenters. The van der Waals surface area contributed by atoms with E-state index in [4.69, 9.17) is 4.98 Å². The molecule has 0 spiro atoms. The van der Waals surface area contributed by atoms with Gasteiger partial charge in [0.2, 0.25) is 0 Å². The van der Waals surface area contributed by atoms with Gasteiger partial charge in [0.1, 0.15) is 0 Å². The summed E-state index contributed by atoms with van der Waals surface area (Å²) in [7, 11) is 0. The Kier molecular flexibility index (Phi) is 2.64. The molecule has 5 aromatic rings. The lowest BCUT2D eigenvalue weighted by molar-refractivity contribution is 1.34. The van der Waals surface area contributed by atoms with Crippen LogP contribution in [0.1, 0.15) is 0 Å². The normalized spacial score (nSPS) is 11.8. The predicted molar refractivity (Wildman–Crippen MR) is 107 cm³/mol. The van der Waals surface area contributed by atoms with Gasteiger partial charge in [0.25, 0.3) is 0 Å². The van der Waals surface area contributed by atoms with E-state index in [9.17, 15) is 0 Å². The molecule has 0 bridgehead atoms. The smallest absolute Gasteiger partial charge is 0.0793 e. The van der Waals surface area contributed by atoms with Crippen molar-refractivity contribution in [3.8, 4) is 33.6 Å². The van der Waals surface area contributed by atoms with E-state index < -0.39 is 0 Å². The highest BCUT2D eigenvalue weighted by atomic mass is 14.7. The summed E-state index contributed by atoms with van der Waals surface area (Å²) in [6.07, 6.45) is 3.75. The zero-order valence-corrected chi connectivity index (χ0v) is 14.0. The van der Waals surface area contributed by atoms with Gasteiger partial charge in [0.05, 0.1) is 11.4 Å². The van der Waals surface area contributed by atoms with Crippen LogP contribution in [0.25, 0.3) is 55.2 Å². The number of nitrogens with zero attached hydrogens (tertiary/aromatic N) is 2. The summed E-state index contributed by atoms with van der Waals surface area (Å²) in [6, 6.07) is 25.5. The number of rotatable bonds is 1. The first-order chi connectivity index (χ1) is 12.9. The Morgan fingerprint density at radius 1 is 0.500 bits per heavy atom. The third-order valence-corrected chi connectivity index (χ3v) is 5.31. The minimum Gasteiger partial charge on any atom is -0.256 e. The molecule has 3 aromatic carbocycles. The van der Waals surface area contributed by atoms with Crippen molar-refractivity contribution in [2.24, 2.45) is 0 Å². The van der Waals surface area contributed by atoms with Crippen LogP contribution in [0.2, 0.25) is 0 Å². The molecule has 0 N–H and O–H groups in total. The van der Waals surface area contributed by atoms with Crippen molar-refractivity contribution in [3.63, 3.8) is 0 Å². The van der Waals surface area contributed by atoms with E-state index in [1.54, 1.807) is 0 Å². The van der Waals surface area contributed by atoms with Gasteiger partial charge < -0.3 is 0 Å². The van der Waals surface area contributed by atoms with Crippen LogP contribution in [-0.2, 0) is 0 Å². The molecule has 120 valence electrons.